The Kier molecular flexibility index (Phi) is 6.47. The van der Waals surface area contributed by atoms with Crippen LogP contribution in [0.25, 0.3) is 0 Å². The molecule has 0 amide bonds. The van der Waals surface area contributed by atoms with E-state index in [9.17, 15) is 0 Å². The van der Waals surface area contributed by atoms with Crippen molar-refractivity contribution in [2.45, 2.75) is 62.8 Å². The fraction of sp³-hybridized carbons (Fsp3) is 0.538. The van der Waals surface area contributed by atoms with E-state index < -0.39 is 0 Å². The Labute approximate surface area is 180 Å². The third-order valence-corrected chi connectivity index (χ3v) is 6.99. The van der Waals surface area contributed by atoms with Crippen molar-refractivity contribution in [1.29, 1.82) is 0 Å². The molecule has 0 bridgehead atoms. The second kappa shape index (κ2) is 9.61. The smallest absolute Gasteiger partial charge is 0.0980 e. The Balaban J connectivity index is 0.000000128. The van der Waals surface area contributed by atoms with Gasteiger partial charge >= 0.3 is 0 Å². The van der Waals surface area contributed by atoms with Gasteiger partial charge in [0.1, 0.15) is 0 Å². The summed E-state index contributed by atoms with van der Waals surface area (Å²) in [6, 6.07) is 18.5. The largest absolute Gasteiger partial charge is 0.372 e. The Hall–Kier alpha value is -1.72. The van der Waals surface area contributed by atoms with Crippen LogP contribution in [0, 0.1) is 0 Å². The molecule has 0 spiro atoms. The minimum absolute atomic E-state index is 0.289. The Morgan fingerprint density at radius 1 is 0.633 bits per heavy atom. The van der Waals surface area contributed by atoms with Gasteiger partial charge in [-0.3, -0.25) is 0 Å². The molecule has 2 saturated heterocycles. The predicted molar refractivity (Wildman–Crippen MR) is 120 cm³/mol. The lowest BCUT2D eigenvalue weighted by molar-refractivity contribution is 0.0199. The maximum Gasteiger partial charge on any atom is 0.0980 e. The summed E-state index contributed by atoms with van der Waals surface area (Å²) >= 11 is 0. The highest BCUT2D eigenvalue weighted by atomic mass is 16.5. The van der Waals surface area contributed by atoms with Gasteiger partial charge in [-0.05, 0) is 73.9 Å². The molecule has 0 aliphatic carbocycles. The zero-order valence-corrected chi connectivity index (χ0v) is 17.8. The molecular weight excluding hydrogens is 372 g/mol. The van der Waals surface area contributed by atoms with E-state index in [0.29, 0.717) is 12.1 Å². The van der Waals surface area contributed by atoms with Gasteiger partial charge in [-0.15, -0.1) is 0 Å². The highest BCUT2D eigenvalue weighted by Gasteiger charge is 2.31. The van der Waals surface area contributed by atoms with E-state index in [4.69, 9.17) is 9.47 Å². The van der Waals surface area contributed by atoms with Crippen LogP contribution >= 0.6 is 0 Å². The van der Waals surface area contributed by atoms with Gasteiger partial charge < -0.3 is 20.1 Å². The lowest BCUT2D eigenvalue weighted by atomic mass is 9.93. The van der Waals surface area contributed by atoms with Crippen LogP contribution in [0.5, 0.6) is 0 Å². The molecule has 2 fully saturated rings. The van der Waals surface area contributed by atoms with Crippen molar-refractivity contribution in [3.8, 4) is 0 Å². The van der Waals surface area contributed by atoms with Crippen LogP contribution in [0.1, 0.15) is 60.1 Å². The average molecular weight is 407 g/mol. The number of rotatable bonds is 2. The van der Waals surface area contributed by atoms with E-state index >= 15 is 0 Å². The zero-order valence-electron chi connectivity index (χ0n) is 17.8. The molecule has 6 rings (SSSR count). The summed E-state index contributed by atoms with van der Waals surface area (Å²) in [4.78, 5) is 0. The van der Waals surface area contributed by atoms with E-state index in [2.05, 4.69) is 59.2 Å². The molecule has 4 atom stereocenters. The molecule has 4 aliphatic rings. The van der Waals surface area contributed by atoms with Crippen molar-refractivity contribution in [2.75, 3.05) is 26.3 Å². The van der Waals surface area contributed by atoms with Crippen molar-refractivity contribution in [3.63, 3.8) is 0 Å². The Bertz CT molecular complexity index is 758. The number of fused-ring (bicyclic) bond motifs is 2. The first-order valence-electron chi connectivity index (χ1n) is 11.8. The van der Waals surface area contributed by atoms with Crippen LogP contribution in [0.2, 0.25) is 0 Å². The summed E-state index contributed by atoms with van der Waals surface area (Å²) in [5, 5.41) is 7.08. The Morgan fingerprint density at radius 3 is 1.53 bits per heavy atom. The molecule has 2 N–H and O–H groups in total. The average Bonchev–Trinajstić information content (AvgIpc) is 3.53. The quantitative estimate of drug-likeness (QED) is 0.788. The first-order valence-corrected chi connectivity index (χ1v) is 11.8. The van der Waals surface area contributed by atoms with E-state index in [1.807, 2.05) is 0 Å². The highest BCUT2D eigenvalue weighted by Crippen LogP contribution is 2.33. The summed E-state index contributed by atoms with van der Waals surface area (Å²) in [7, 11) is 0. The first-order chi connectivity index (χ1) is 14.9. The molecule has 2 aromatic rings. The van der Waals surface area contributed by atoms with E-state index in [0.717, 1.165) is 39.1 Å². The summed E-state index contributed by atoms with van der Waals surface area (Å²) in [6.45, 7) is 4.04. The van der Waals surface area contributed by atoms with E-state index in [-0.39, 0.29) is 12.2 Å². The van der Waals surface area contributed by atoms with Gasteiger partial charge in [0, 0.05) is 12.1 Å². The summed E-state index contributed by atoms with van der Waals surface area (Å²) in [5.74, 6) is 0. The minimum Gasteiger partial charge on any atom is -0.372 e. The van der Waals surface area contributed by atoms with Crippen molar-refractivity contribution < 1.29 is 9.47 Å². The summed E-state index contributed by atoms with van der Waals surface area (Å²) in [6.07, 6.45) is 7.78. The van der Waals surface area contributed by atoms with E-state index in [1.54, 1.807) is 0 Å². The SMILES string of the molecule is c1ccc2c(c1)CCO[C@@H]2[C@H]1CCCN1.c1ccc2c(c1)CCO[C@H]2[C@H]1CCCN1. The molecule has 0 saturated carbocycles. The Morgan fingerprint density at radius 2 is 1.10 bits per heavy atom. The topological polar surface area (TPSA) is 42.5 Å². The van der Waals surface area contributed by atoms with Crippen LogP contribution in [0.15, 0.2) is 48.5 Å². The monoisotopic (exact) mass is 406 g/mol. The van der Waals surface area contributed by atoms with Crippen LogP contribution in [0.4, 0.5) is 0 Å². The van der Waals surface area contributed by atoms with Gasteiger partial charge in [-0.1, -0.05) is 48.5 Å². The van der Waals surface area contributed by atoms with Crippen LogP contribution in [-0.2, 0) is 22.3 Å². The number of benzene rings is 2. The number of hydrogen-bond acceptors (Lipinski definition) is 4. The first kappa shape index (κ1) is 20.2. The summed E-state index contributed by atoms with van der Waals surface area (Å²) < 4.78 is 11.9. The molecule has 4 heterocycles. The van der Waals surface area contributed by atoms with Crippen molar-refractivity contribution >= 4 is 0 Å². The number of nitrogens with one attached hydrogen (secondary N) is 2. The predicted octanol–water partition coefficient (Wildman–Crippen LogP) is 4.10. The van der Waals surface area contributed by atoms with Gasteiger partial charge in [0.15, 0.2) is 0 Å². The molecule has 4 nitrogen and oxygen atoms in total. The molecule has 2 aromatic carbocycles. The van der Waals surface area contributed by atoms with Gasteiger partial charge in [-0.2, -0.15) is 0 Å². The van der Waals surface area contributed by atoms with Crippen LogP contribution < -0.4 is 10.6 Å². The van der Waals surface area contributed by atoms with Gasteiger partial charge in [0.25, 0.3) is 0 Å². The lowest BCUT2D eigenvalue weighted by Crippen LogP contribution is -2.33. The molecular formula is C26H34N2O2. The summed E-state index contributed by atoms with van der Waals surface area (Å²) in [5.41, 5.74) is 5.76. The van der Waals surface area contributed by atoms with Crippen LogP contribution in [0.3, 0.4) is 0 Å². The highest BCUT2D eigenvalue weighted by molar-refractivity contribution is 5.33. The zero-order chi connectivity index (χ0) is 20.2. The van der Waals surface area contributed by atoms with Crippen molar-refractivity contribution in [2.24, 2.45) is 0 Å². The number of ether oxygens (including phenoxy) is 2. The van der Waals surface area contributed by atoms with Gasteiger partial charge in [0.2, 0.25) is 0 Å². The molecule has 160 valence electrons. The standard InChI is InChI=1S/2C13H17NO/c2*1-2-5-11-10(4-1)7-9-15-13(11)12-6-3-8-14-12/h2*1-2,4-5,12-14H,3,6-9H2/t12-,13+;12-,13-/m11/s1. The maximum absolute atomic E-state index is 5.93. The van der Waals surface area contributed by atoms with Crippen molar-refractivity contribution in [3.05, 3.63) is 70.8 Å². The third kappa shape index (κ3) is 4.33. The fourth-order valence-corrected chi connectivity index (χ4v) is 5.46. The van der Waals surface area contributed by atoms with Crippen molar-refractivity contribution in [1.82, 2.24) is 10.6 Å². The van der Waals surface area contributed by atoms with Crippen LogP contribution in [-0.4, -0.2) is 38.4 Å². The fourth-order valence-electron chi connectivity index (χ4n) is 5.46. The number of hydrogen-bond donors (Lipinski definition) is 2. The second-order valence-corrected chi connectivity index (χ2v) is 8.89. The molecule has 0 radical (unpaired) electrons. The maximum atomic E-state index is 5.93. The molecule has 4 aliphatic heterocycles. The molecule has 4 heteroatoms. The molecule has 0 aromatic heterocycles. The minimum atomic E-state index is 0.289. The van der Waals surface area contributed by atoms with Gasteiger partial charge in [-0.25, -0.2) is 0 Å². The normalized spacial score (nSPS) is 30.1. The third-order valence-electron chi connectivity index (χ3n) is 6.99. The van der Waals surface area contributed by atoms with E-state index in [1.165, 1.54) is 47.9 Å². The second-order valence-electron chi connectivity index (χ2n) is 8.89. The molecule has 30 heavy (non-hydrogen) atoms. The van der Waals surface area contributed by atoms with Gasteiger partial charge in [0.05, 0.1) is 25.4 Å². The lowest BCUT2D eigenvalue weighted by Gasteiger charge is -2.30. The molecule has 0 unspecified atom stereocenters.